The van der Waals surface area contributed by atoms with Gasteiger partial charge >= 0.3 is 0 Å². The maximum absolute atomic E-state index is 10.0. The van der Waals surface area contributed by atoms with Crippen LogP contribution in [0.4, 0.5) is 11.8 Å². The summed E-state index contributed by atoms with van der Waals surface area (Å²) in [6.07, 6.45) is 3.63. The van der Waals surface area contributed by atoms with Crippen molar-refractivity contribution >= 4 is 20.1 Å². The van der Waals surface area contributed by atoms with Gasteiger partial charge in [0.2, 0.25) is 5.95 Å². The molecule has 8 nitrogen and oxygen atoms in total. The van der Waals surface area contributed by atoms with Crippen molar-refractivity contribution in [3.63, 3.8) is 0 Å². The van der Waals surface area contributed by atoms with Crippen LogP contribution in [0.2, 0.25) is 18.1 Å². The molecule has 1 N–H and O–H groups in total. The maximum atomic E-state index is 10.0. The van der Waals surface area contributed by atoms with Crippen LogP contribution in [0.25, 0.3) is 11.3 Å². The molecule has 200 valence electrons. The topological polar surface area (TPSA) is 91.9 Å². The molecule has 1 aliphatic carbocycles. The molecule has 1 atom stereocenters. The molecule has 5 rings (SSSR count). The summed E-state index contributed by atoms with van der Waals surface area (Å²) in [5.41, 5.74) is 5.84. The normalized spacial score (nSPS) is 19.6. The number of rotatable bonds is 6. The lowest BCUT2D eigenvalue weighted by molar-refractivity contribution is 0.208. The summed E-state index contributed by atoms with van der Waals surface area (Å²) >= 11 is 0. The summed E-state index contributed by atoms with van der Waals surface area (Å²) in [7, 11) is 0.221. The zero-order valence-corrected chi connectivity index (χ0v) is 24.7. The van der Waals surface area contributed by atoms with E-state index in [4.69, 9.17) is 9.41 Å². The molecule has 1 aromatic carbocycles. The predicted octanol–water partition coefficient (Wildman–Crippen LogP) is 5.63. The first-order valence-corrected chi connectivity index (χ1v) is 16.4. The van der Waals surface area contributed by atoms with E-state index in [0.29, 0.717) is 12.6 Å². The number of likely N-dealkylation sites (N-methyl/N-ethyl adjacent to an activating group) is 1. The average Bonchev–Trinajstić information content (AvgIpc) is 3.42. The van der Waals surface area contributed by atoms with Crippen LogP contribution in [0.5, 0.6) is 0 Å². The van der Waals surface area contributed by atoms with E-state index in [-0.39, 0.29) is 10.5 Å². The minimum absolute atomic E-state index is 0.136. The Labute approximate surface area is 227 Å². The molecule has 0 radical (unpaired) electrons. The number of nitriles is 1. The van der Waals surface area contributed by atoms with Crippen molar-refractivity contribution in [1.82, 2.24) is 24.6 Å². The summed E-state index contributed by atoms with van der Waals surface area (Å²) < 4.78 is 8.73. The molecule has 0 bridgehead atoms. The van der Waals surface area contributed by atoms with Crippen LogP contribution in [0, 0.1) is 11.3 Å². The molecule has 0 spiro atoms. The van der Waals surface area contributed by atoms with Gasteiger partial charge in [-0.2, -0.15) is 10.4 Å². The Balaban J connectivity index is 1.43. The highest BCUT2D eigenvalue weighted by Gasteiger charge is 2.42. The third kappa shape index (κ3) is 5.00. The number of fused-ring (bicyclic) bond motifs is 2. The van der Waals surface area contributed by atoms with Gasteiger partial charge in [-0.25, -0.2) is 9.97 Å². The molecule has 0 saturated carbocycles. The highest BCUT2D eigenvalue weighted by Crippen LogP contribution is 2.44. The largest absolute Gasteiger partial charge is 0.416 e. The second kappa shape index (κ2) is 9.60. The average molecular weight is 530 g/mol. The Bertz CT molecular complexity index is 1400. The molecule has 0 fully saturated rings. The highest BCUT2D eigenvalue weighted by molar-refractivity contribution is 6.74. The fourth-order valence-corrected chi connectivity index (χ4v) is 6.23. The third-order valence-corrected chi connectivity index (χ3v) is 13.2. The van der Waals surface area contributed by atoms with E-state index >= 15 is 0 Å². The lowest BCUT2D eigenvalue weighted by atomic mass is 9.83. The van der Waals surface area contributed by atoms with E-state index in [1.807, 2.05) is 16.8 Å². The number of nitrogens with one attached hydrogen (secondary N) is 1. The SMILES string of the molecule is CN1CCn2nc(Nc3nccc(-c4cc(C#N)c5c(c4)C(C)(CO[Si](C)(C)C(C)(C)C)CC5)n3)cc2C1. The van der Waals surface area contributed by atoms with Gasteiger partial charge in [0.15, 0.2) is 14.1 Å². The zero-order valence-electron chi connectivity index (χ0n) is 23.7. The number of hydrogen-bond acceptors (Lipinski definition) is 7. The van der Waals surface area contributed by atoms with Crippen molar-refractivity contribution in [1.29, 1.82) is 5.26 Å². The van der Waals surface area contributed by atoms with Crippen molar-refractivity contribution in [2.24, 2.45) is 0 Å². The van der Waals surface area contributed by atoms with Crippen molar-refractivity contribution in [3.05, 3.63) is 52.8 Å². The fraction of sp³-hybridized carbons (Fsp3) is 0.517. The lowest BCUT2D eigenvalue weighted by Gasteiger charge is -2.39. The van der Waals surface area contributed by atoms with Gasteiger partial charge in [0, 0.05) is 42.9 Å². The Hall–Kier alpha value is -3.06. The molecule has 3 aromatic rings. The number of hydrogen-bond donors (Lipinski definition) is 1. The lowest BCUT2D eigenvalue weighted by Crippen LogP contribution is -2.44. The molecule has 2 aliphatic rings. The van der Waals surface area contributed by atoms with Gasteiger partial charge in [0.25, 0.3) is 0 Å². The van der Waals surface area contributed by atoms with Crippen molar-refractivity contribution in [2.45, 2.75) is 77.2 Å². The van der Waals surface area contributed by atoms with Crippen molar-refractivity contribution < 1.29 is 4.43 Å². The van der Waals surface area contributed by atoms with Crippen LogP contribution < -0.4 is 5.32 Å². The van der Waals surface area contributed by atoms with E-state index in [0.717, 1.165) is 60.7 Å². The van der Waals surface area contributed by atoms with Crippen LogP contribution in [0.1, 0.15) is 56.5 Å². The predicted molar refractivity (Wildman–Crippen MR) is 153 cm³/mol. The zero-order chi connectivity index (χ0) is 27.3. The van der Waals surface area contributed by atoms with Crippen LogP contribution in [0.15, 0.2) is 30.5 Å². The molecular weight excluding hydrogens is 490 g/mol. The second-order valence-electron chi connectivity index (χ2n) is 12.6. The highest BCUT2D eigenvalue weighted by atomic mass is 28.4. The molecule has 3 heterocycles. The first kappa shape index (κ1) is 26.5. The molecule has 0 amide bonds. The first-order chi connectivity index (χ1) is 17.9. The second-order valence-corrected chi connectivity index (χ2v) is 17.5. The quantitative estimate of drug-likeness (QED) is 0.414. The number of benzene rings is 1. The van der Waals surface area contributed by atoms with Gasteiger partial charge in [-0.15, -0.1) is 0 Å². The van der Waals surface area contributed by atoms with E-state index in [9.17, 15) is 5.26 Å². The summed E-state index contributed by atoms with van der Waals surface area (Å²) in [6.45, 7) is 17.1. The molecule has 1 aliphatic heterocycles. The Morgan fingerprint density at radius 3 is 2.74 bits per heavy atom. The summed E-state index contributed by atoms with van der Waals surface area (Å²) in [4.78, 5) is 11.5. The van der Waals surface area contributed by atoms with Crippen molar-refractivity contribution in [3.8, 4) is 17.3 Å². The van der Waals surface area contributed by atoms with E-state index < -0.39 is 8.32 Å². The van der Waals surface area contributed by atoms with Gasteiger partial charge in [-0.1, -0.05) is 27.7 Å². The summed E-state index contributed by atoms with van der Waals surface area (Å²) in [5, 5.41) is 18.1. The van der Waals surface area contributed by atoms with Crippen molar-refractivity contribution in [2.75, 3.05) is 25.5 Å². The molecule has 38 heavy (non-hydrogen) atoms. The Morgan fingerprint density at radius 1 is 1.21 bits per heavy atom. The first-order valence-electron chi connectivity index (χ1n) is 13.5. The van der Waals surface area contributed by atoms with E-state index in [1.165, 1.54) is 11.3 Å². The van der Waals surface area contributed by atoms with Gasteiger partial charge in [-0.05, 0) is 67.3 Å². The van der Waals surface area contributed by atoms with E-state index in [2.05, 4.69) is 86.3 Å². The Morgan fingerprint density at radius 2 is 2.00 bits per heavy atom. The molecule has 0 saturated heterocycles. The monoisotopic (exact) mass is 529 g/mol. The van der Waals surface area contributed by atoms with Crippen LogP contribution in [-0.2, 0) is 29.4 Å². The summed E-state index contributed by atoms with van der Waals surface area (Å²) in [6, 6.07) is 10.6. The molecule has 9 heteroatoms. The minimum atomic E-state index is -1.90. The Kier molecular flexibility index (Phi) is 6.70. The van der Waals surface area contributed by atoms with Crippen LogP contribution in [0.3, 0.4) is 0 Å². The third-order valence-electron chi connectivity index (χ3n) is 8.69. The molecular formula is C29H39N7OSi. The fourth-order valence-electron chi connectivity index (χ4n) is 5.12. The number of anilines is 2. The van der Waals surface area contributed by atoms with Gasteiger partial charge in [0.1, 0.15) is 0 Å². The van der Waals surface area contributed by atoms with Gasteiger partial charge < -0.3 is 9.74 Å². The standard InChI is InChI=1S/C29H39N7OSi/c1-28(2,3)38(6,7)37-19-29(4)10-8-23-21(17-30)14-20(15-24(23)29)25-9-11-31-27(32-25)33-26-16-22-18-35(5)12-13-36(22)34-26/h9,11,14-16H,8,10,12-13,18-19H2,1-7H3,(H,31,32,33,34). The number of nitrogens with zero attached hydrogens (tertiary/aromatic N) is 6. The minimum Gasteiger partial charge on any atom is -0.416 e. The summed E-state index contributed by atoms with van der Waals surface area (Å²) in [5.74, 6) is 1.24. The van der Waals surface area contributed by atoms with Gasteiger partial charge in [-0.3, -0.25) is 9.58 Å². The molecule has 2 aromatic heterocycles. The van der Waals surface area contributed by atoms with Crippen LogP contribution >= 0.6 is 0 Å². The van der Waals surface area contributed by atoms with E-state index in [1.54, 1.807) is 6.20 Å². The number of aromatic nitrogens is 4. The smallest absolute Gasteiger partial charge is 0.228 e. The molecule has 1 unspecified atom stereocenters. The van der Waals surface area contributed by atoms with Crippen LogP contribution in [-0.4, -0.2) is 53.2 Å². The maximum Gasteiger partial charge on any atom is 0.228 e. The van der Waals surface area contributed by atoms with Gasteiger partial charge in [0.05, 0.1) is 29.6 Å².